The molecule has 9 heteroatoms. The van der Waals surface area contributed by atoms with Crippen LogP contribution in [0.3, 0.4) is 0 Å². The van der Waals surface area contributed by atoms with Gasteiger partial charge in [-0.3, -0.25) is 9.59 Å². The number of Topliss-reactive ketones (excluding diaryl/α,β-unsaturated/α-hetero) is 1. The van der Waals surface area contributed by atoms with Crippen LogP contribution in [0.15, 0.2) is 59.0 Å². The molecule has 2 aromatic carbocycles. The lowest BCUT2D eigenvalue weighted by Gasteiger charge is -2.25. The smallest absolute Gasteiger partial charge is 0.295 e. The van der Waals surface area contributed by atoms with Gasteiger partial charge < -0.3 is 14.7 Å². The number of carbonyl (C=O) groups excluding carboxylic acids is 2. The van der Waals surface area contributed by atoms with Crippen LogP contribution in [0.5, 0.6) is 0 Å². The maximum atomic E-state index is 12.9. The highest BCUT2D eigenvalue weighted by molar-refractivity contribution is 7.89. The van der Waals surface area contributed by atoms with Crippen molar-refractivity contribution >= 4 is 27.5 Å². The van der Waals surface area contributed by atoms with Gasteiger partial charge in [0.25, 0.3) is 11.7 Å². The highest BCUT2D eigenvalue weighted by Gasteiger charge is 2.45. The van der Waals surface area contributed by atoms with E-state index in [1.165, 1.54) is 50.4 Å². The zero-order valence-electron chi connectivity index (χ0n) is 18.4. The van der Waals surface area contributed by atoms with E-state index in [1.807, 2.05) is 31.2 Å². The van der Waals surface area contributed by atoms with Crippen LogP contribution in [0.1, 0.15) is 22.7 Å². The molecule has 1 heterocycles. The summed E-state index contributed by atoms with van der Waals surface area (Å²) in [6, 6.07) is 12.1. The van der Waals surface area contributed by atoms with Crippen molar-refractivity contribution in [1.29, 1.82) is 0 Å². The number of ketones is 1. The molecule has 1 atom stereocenters. The van der Waals surface area contributed by atoms with Crippen molar-refractivity contribution in [2.24, 2.45) is 0 Å². The van der Waals surface area contributed by atoms with Crippen LogP contribution in [0.2, 0.25) is 0 Å². The van der Waals surface area contributed by atoms with Gasteiger partial charge in [-0.2, -0.15) is 0 Å². The van der Waals surface area contributed by atoms with Crippen molar-refractivity contribution in [1.82, 2.24) is 9.21 Å². The molecule has 1 aliphatic heterocycles. The summed E-state index contributed by atoms with van der Waals surface area (Å²) in [4.78, 5) is 27.1. The Hall–Kier alpha value is -3.01. The number of sulfonamides is 1. The summed E-state index contributed by atoms with van der Waals surface area (Å²) in [5.41, 5.74) is 1.89. The molecule has 32 heavy (non-hydrogen) atoms. The number of aryl methyl sites for hydroxylation is 1. The van der Waals surface area contributed by atoms with Crippen LogP contribution in [0, 0.1) is 6.92 Å². The number of ether oxygens (including phenoxy) is 1. The summed E-state index contributed by atoms with van der Waals surface area (Å²) < 4.78 is 30.8. The Bertz CT molecular complexity index is 1150. The molecule has 1 saturated heterocycles. The van der Waals surface area contributed by atoms with Crippen LogP contribution in [0.25, 0.3) is 5.76 Å². The molecular formula is C23H26N2O6S. The normalized spacial score (nSPS) is 18.5. The summed E-state index contributed by atoms with van der Waals surface area (Å²) in [5.74, 6) is -1.88. The molecule has 170 valence electrons. The number of hydrogen-bond acceptors (Lipinski definition) is 6. The van der Waals surface area contributed by atoms with Crippen molar-refractivity contribution in [2.45, 2.75) is 17.9 Å². The highest BCUT2D eigenvalue weighted by atomic mass is 32.2. The number of nitrogens with zero attached hydrogens (tertiary/aromatic N) is 2. The van der Waals surface area contributed by atoms with Crippen LogP contribution in [0.4, 0.5) is 0 Å². The second kappa shape index (κ2) is 9.23. The maximum absolute atomic E-state index is 12.9. The van der Waals surface area contributed by atoms with Crippen LogP contribution < -0.4 is 0 Å². The first kappa shape index (κ1) is 23.6. The Morgan fingerprint density at radius 2 is 1.66 bits per heavy atom. The van der Waals surface area contributed by atoms with E-state index in [2.05, 4.69) is 0 Å². The monoisotopic (exact) mass is 458 g/mol. The third-order valence-corrected chi connectivity index (χ3v) is 7.21. The summed E-state index contributed by atoms with van der Waals surface area (Å²) in [6.45, 7) is 2.33. The lowest BCUT2D eigenvalue weighted by Crippen LogP contribution is -2.32. The lowest BCUT2D eigenvalue weighted by atomic mass is 9.95. The molecule has 0 unspecified atom stereocenters. The number of likely N-dealkylation sites (tertiary alicyclic amines) is 1. The third kappa shape index (κ3) is 4.32. The number of amides is 1. The molecule has 1 aliphatic rings. The molecular weight excluding hydrogens is 432 g/mol. The largest absolute Gasteiger partial charge is 0.507 e. The first-order valence-electron chi connectivity index (χ1n) is 9.96. The van der Waals surface area contributed by atoms with Crippen molar-refractivity contribution in [3.05, 3.63) is 70.8 Å². The van der Waals surface area contributed by atoms with Gasteiger partial charge in [0.15, 0.2) is 0 Å². The van der Waals surface area contributed by atoms with Crippen molar-refractivity contribution in [2.75, 3.05) is 34.4 Å². The third-order valence-electron chi connectivity index (χ3n) is 5.38. The van der Waals surface area contributed by atoms with Gasteiger partial charge in [0.2, 0.25) is 10.0 Å². The predicted molar refractivity (Wildman–Crippen MR) is 119 cm³/mol. The fourth-order valence-corrected chi connectivity index (χ4v) is 4.45. The second-order valence-corrected chi connectivity index (χ2v) is 9.86. The minimum absolute atomic E-state index is 0.0434. The van der Waals surface area contributed by atoms with Gasteiger partial charge in [0.05, 0.1) is 23.1 Å². The molecule has 3 rings (SSSR count). The van der Waals surface area contributed by atoms with Crippen LogP contribution >= 0.6 is 0 Å². The first-order valence-corrected chi connectivity index (χ1v) is 11.4. The van der Waals surface area contributed by atoms with E-state index in [9.17, 15) is 23.1 Å². The molecule has 1 amide bonds. The van der Waals surface area contributed by atoms with Gasteiger partial charge in [-0.05, 0) is 36.8 Å². The second-order valence-electron chi connectivity index (χ2n) is 7.71. The van der Waals surface area contributed by atoms with Gasteiger partial charge in [-0.1, -0.05) is 29.8 Å². The van der Waals surface area contributed by atoms with E-state index in [1.54, 1.807) is 0 Å². The van der Waals surface area contributed by atoms with Crippen molar-refractivity contribution in [3.63, 3.8) is 0 Å². The SMILES string of the molecule is COCCN1C(=O)C(=O)C(=C(O)c2ccc(S(=O)(=O)N(C)C)cc2)[C@@H]1c1ccc(C)cc1. The number of aliphatic hydroxyl groups excluding tert-OH is 1. The van der Waals surface area contributed by atoms with E-state index in [0.29, 0.717) is 5.56 Å². The Morgan fingerprint density at radius 1 is 1.06 bits per heavy atom. The molecule has 2 aromatic rings. The van der Waals surface area contributed by atoms with Gasteiger partial charge in [0, 0.05) is 33.3 Å². The summed E-state index contributed by atoms with van der Waals surface area (Å²) in [7, 11) is 0.704. The van der Waals surface area contributed by atoms with Gasteiger partial charge in [-0.25, -0.2) is 12.7 Å². The number of hydrogen-bond donors (Lipinski definition) is 1. The summed E-state index contributed by atoms with van der Waals surface area (Å²) in [5, 5.41) is 11.0. The van der Waals surface area contributed by atoms with Gasteiger partial charge >= 0.3 is 0 Å². The van der Waals surface area contributed by atoms with Crippen molar-refractivity contribution in [3.8, 4) is 0 Å². The van der Waals surface area contributed by atoms with E-state index >= 15 is 0 Å². The van der Waals surface area contributed by atoms with E-state index in [-0.39, 0.29) is 34.9 Å². The lowest BCUT2D eigenvalue weighted by molar-refractivity contribution is -0.140. The number of carbonyl (C=O) groups is 2. The van der Waals surface area contributed by atoms with E-state index < -0.39 is 27.8 Å². The van der Waals surface area contributed by atoms with Crippen molar-refractivity contribution < 1.29 is 27.9 Å². The number of rotatable bonds is 7. The first-order chi connectivity index (χ1) is 15.1. The minimum Gasteiger partial charge on any atom is -0.507 e. The maximum Gasteiger partial charge on any atom is 0.295 e. The average Bonchev–Trinajstić information content (AvgIpc) is 3.02. The van der Waals surface area contributed by atoms with E-state index in [0.717, 1.165) is 9.87 Å². The Labute approximate surface area is 187 Å². The summed E-state index contributed by atoms with van der Waals surface area (Å²) >= 11 is 0. The Morgan fingerprint density at radius 3 is 2.19 bits per heavy atom. The summed E-state index contributed by atoms with van der Waals surface area (Å²) in [6.07, 6.45) is 0. The standard InChI is InChI=1S/C23H26N2O6S/c1-15-5-7-16(8-6-15)20-19(22(27)23(28)25(20)13-14-31-4)21(26)17-9-11-18(12-10-17)32(29,30)24(2)3/h5-12,20,26H,13-14H2,1-4H3/t20-/m0/s1. The molecule has 0 aliphatic carbocycles. The fraction of sp³-hybridized carbons (Fsp3) is 0.304. The molecule has 0 spiro atoms. The predicted octanol–water partition coefficient (Wildman–Crippen LogP) is 2.31. The molecule has 1 fully saturated rings. The van der Waals surface area contributed by atoms with Crippen LogP contribution in [-0.4, -0.2) is 68.8 Å². The molecule has 0 saturated carbocycles. The molecule has 0 aromatic heterocycles. The molecule has 1 N–H and O–H groups in total. The fourth-order valence-electron chi connectivity index (χ4n) is 3.55. The van der Waals surface area contributed by atoms with Crippen LogP contribution in [-0.2, 0) is 24.3 Å². The Kier molecular flexibility index (Phi) is 6.82. The molecule has 8 nitrogen and oxygen atoms in total. The average molecular weight is 459 g/mol. The zero-order valence-corrected chi connectivity index (χ0v) is 19.2. The number of benzene rings is 2. The van der Waals surface area contributed by atoms with Gasteiger partial charge in [-0.15, -0.1) is 0 Å². The quantitative estimate of drug-likeness (QED) is 0.388. The minimum atomic E-state index is -3.64. The number of methoxy groups -OCH3 is 1. The topological polar surface area (TPSA) is 104 Å². The van der Waals surface area contributed by atoms with Gasteiger partial charge in [0.1, 0.15) is 5.76 Å². The zero-order chi connectivity index (χ0) is 23.6. The number of aliphatic hydroxyl groups is 1. The molecule has 0 bridgehead atoms. The van der Waals surface area contributed by atoms with E-state index in [4.69, 9.17) is 4.74 Å². The Balaban J connectivity index is 2.11. The highest BCUT2D eigenvalue weighted by Crippen LogP contribution is 2.39. The molecule has 0 radical (unpaired) electrons.